The summed E-state index contributed by atoms with van der Waals surface area (Å²) in [5, 5.41) is 0. The highest BCUT2D eigenvalue weighted by atomic mass is 16.5. The number of fused-ring (bicyclic) bond motifs is 3. The number of allylic oxidation sites excluding steroid dienone is 2. The fourth-order valence-corrected chi connectivity index (χ4v) is 2.59. The van der Waals surface area contributed by atoms with Crippen molar-refractivity contribution in [2.45, 2.75) is 25.6 Å². The number of carbonyl (C=O) groups is 1. The average molecular weight is 206 g/mol. The minimum atomic E-state index is -1.16. The largest absolute Gasteiger partial charge is 0.355 e. The molecule has 3 aliphatic rings. The molecule has 2 heterocycles. The molecule has 1 aliphatic carbocycles. The van der Waals surface area contributed by atoms with Crippen molar-refractivity contribution in [3.8, 4) is 0 Å². The van der Waals surface area contributed by atoms with Crippen LogP contribution in [0, 0.1) is 11.8 Å². The standard InChI is InChI=1S/C12H15NO2/c1-12(2)7-15-11-9-6-4-3-5-8(9)10(14)13(11)12/h3-6,8-9,11H,7H2,1-2H3/t8-,9+,11-/m1/s1/i8D. The molecule has 2 saturated heterocycles. The first-order valence-corrected chi connectivity index (χ1v) is 5.28. The van der Waals surface area contributed by atoms with E-state index in [4.69, 9.17) is 6.11 Å². The van der Waals surface area contributed by atoms with Gasteiger partial charge in [0.2, 0.25) is 5.91 Å². The molecule has 3 heteroatoms. The number of hydrogen-bond donors (Lipinski definition) is 0. The maximum atomic E-state index is 12.3. The van der Waals surface area contributed by atoms with Crippen LogP contribution in [0.2, 0.25) is 0 Å². The van der Waals surface area contributed by atoms with Gasteiger partial charge in [-0.1, -0.05) is 24.3 Å². The Morgan fingerprint density at radius 3 is 3.07 bits per heavy atom. The van der Waals surface area contributed by atoms with Crippen LogP contribution < -0.4 is 0 Å². The van der Waals surface area contributed by atoms with Crippen LogP contribution in [0.25, 0.3) is 0 Å². The van der Waals surface area contributed by atoms with Gasteiger partial charge in [-0.2, -0.15) is 0 Å². The predicted molar refractivity (Wildman–Crippen MR) is 55.9 cm³/mol. The monoisotopic (exact) mass is 206 g/mol. The normalized spacial score (nSPS) is 46.7. The molecule has 3 atom stereocenters. The average Bonchev–Trinajstić information content (AvgIpc) is 2.64. The topological polar surface area (TPSA) is 29.5 Å². The van der Waals surface area contributed by atoms with Gasteiger partial charge in [-0.05, 0) is 13.8 Å². The summed E-state index contributed by atoms with van der Waals surface area (Å²) < 4.78 is 14.0. The van der Waals surface area contributed by atoms with E-state index in [0.717, 1.165) is 0 Å². The Bertz CT molecular complexity index is 415. The second-order valence-corrected chi connectivity index (χ2v) is 4.91. The van der Waals surface area contributed by atoms with Crippen LogP contribution in [0.5, 0.6) is 0 Å². The molecule has 3 nitrogen and oxygen atoms in total. The Hall–Kier alpha value is -1.09. The second kappa shape index (κ2) is 2.73. The second-order valence-electron chi connectivity index (χ2n) is 4.91. The van der Waals surface area contributed by atoms with Crippen LogP contribution in [0.1, 0.15) is 15.2 Å². The fourth-order valence-electron chi connectivity index (χ4n) is 2.59. The van der Waals surface area contributed by atoms with Gasteiger partial charge in [0.05, 0.1) is 18.0 Å². The lowest BCUT2D eigenvalue weighted by Gasteiger charge is -2.28. The molecule has 0 saturated carbocycles. The third kappa shape index (κ3) is 1.07. The number of nitrogens with zero attached hydrogens (tertiary/aromatic N) is 1. The molecular weight excluding hydrogens is 190 g/mol. The van der Waals surface area contributed by atoms with E-state index >= 15 is 0 Å². The molecule has 0 N–H and O–H groups in total. The highest BCUT2D eigenvalue weighted by molar-refractivity contribution is 5.85. The van der Waals surface area contributed by atoms with Crippen LogP contribution in [0.3, 0.4) is 0 Å². The number of rotatable bonds is 0. The fraction of sp³-hybridized carbons (Fsp3) is 0.583. The van der Waals surface area contributed by atoms with E-state index in [2.05, 4.69) is 0 Å². The lowest BCUT2D eigenvalue weighted by Crippen LogP contribution is -2.44. The summed E-state index contributed by atoms with van der Waals surface area (Å²) in [5.74, 6) is -1.46. The minimum absolute atomic E-state index is 0.134. The van der Waals surface area contributed by atoms with Gasteiger partial charge >= 0.3 is 0 Å². The van der Waals surface area contributed by atoms with Crippen LogP contribution in [-0.2, 0) is 9.53 Å². The minimum Gasteiger partial charge on any atom is -0.355 e. The molecule has 0 bridgehead atoms. The summed E-state index contributed by atoms with van der Waals surface area (Å²) in [6.45, 7) is 4.52. The Labute approximate surface area is 90.8 Å². The number of carbonyl (C=O) groups excluding carboxylic acids is 1. The van der Waals surface area contributed by atoms with Crippen molar-refractivity contribution in [3.05, 3.63) is 24.3 Å². The Balaban J connectivity index is 2.09. The van der Waals surface area contributed by atoms with E-state index in [-0.39, 0.29) is 23.6 Å². The summed E-state index contributed by atoms with van der Waals surface area (Å²) in [5.41, 5.74) is -0.297. The molecule has 0 aromatic heterocycles. The van der Waals surface area contributed by atoms with Crippen molar-refractivity contribution >= 4 is 5.91 Å². The summed E-state index contributed by atoms with van der Waals surface area (Å²) >= 11 is 0. The molecule has 2 fully saturated rings. The zero-order valence-corrected chi connectivity index (χ0v) is 8.93. The van der Waals surface area contributed by atoms with Crippen molar-refractivity contribution in [1.29, 1.82) is 0 Å². The van der Waals surface area contributed by atoms with E-state index in [9.17, 15) is 4.79 Å². The maximum absolute atomic E-state index is 12.3. The van der Waals surface area contributed by atoms with Crippen LogP contribution >= 0.6 is 0 Å². The smallest absolute Gasteiger partial charge is 0.232 e. The molecule has 3 rings (SSSR count). The van der Waals surface area contributed by atoms with Gasteiger partial charge in [-0.15, -0.1) is 0 Å². The van der Waals surface area contributed by atoms with Crippen LogP contribution in [0.15, 0.2) is 24.3 Å². The molecular formula is C12H15NO2. The first kappa shape index (κ1) is 8.11. The first-order valence-electron chi connectivity index (χ1n) is 5.78. The van der Waals surface area contributed by atoms with Crippen LogP contribution in [-0.4, -0.2) is 29.2 Å². The SMILES string of the molecule is [2H][C@@]12C=CC=C[C@@H]1[C@H]1OCC(C)(C)N1C2=O. The van der Waals surface area contributed by atoms with Crippen molar-refractivity contribution in [2.24, 2.45) is 11.8 Å². The van der Waals surface area contributed by atoms with Crippen molar-refractivity contribution in [3.63, 3.8) is 0 Å². The lowest BCUT2D eigenvalue weighted by atomic mass is 9.90. The van der Waals surface area contributed by atoms with Crippen LogP contribution in [0.4, 0.5) is 0 Å². The summed E-state index contributed by atoms with van der Waals surface area (Å²) in [6.07, 6.45) is 7.00. The molecule has 0 aromatic carbocycles. The molecule has 80 valence electrons. The summed E-state index contributed by atoms with van der Waals surface area (Å²) in [4.78, 5) is 14.1. The highest BCUT2D eigenvalue weighted by Gasteiger charge is 2.55. The van der Waals surface area contributed by atoms with E-state index in [1.165, 1.54) is 0 Å². The third-order valence-corrected chi connectivity index (χ3v) is 3.35. The van der Waals surface area contributed by atoms with Gasteiger partial charge in [0.1, 0.15) is 6.23 Å². The number of amides is 1. The molecule has 0 aromatic rings. The van der Waals surface area contributed by atoms with E-state index in [0.29, 0.717) is 6.61 Å². The molecule has 15 heavy (non-hydrogen) atoms. The molecule has 0 spiro atoms. The lowest BCUT2D eigenvalue weighted by molar-refractivity contribution is -0.134. The van der Waals surface area contributed by atoms with E-state index in [1.807, 2.05) is 26.0 Å². The molecule has 0 unspecified atom stereocenters. The van der Waals surface area contributed by atoms with Gasteiger partial charge in [-0.3, -0.25) is 4.79 Å². The van der Waals surface area contributed by atoms with Crippen molar-refractivity contribution in [1.82, 2.24) is 4.90 Å². The maximum Gasteiger partial charge on any atom is 0.232 e. The number of hydrogen-bond acceptors (Lipinski definition) is 2. The Morgan fingerprint density at radius 2 is 2.27 bits per heavy atom. The van der Waals surface area contributed by atoms with Gasteiger partial charge in [-0.25, -0.2) is 0 Å². The van der Waals surface area contributed by atoms with E-state index in [1.54, 1.807) is 17.1 Å². The molecule has 2 aliphatic heterocycles. The molecule has 0 radical (unpaired) electrons. The first-order chi connectivity index (χ1) is 7.47. The Morgan fingerprint density at radius 1 is 1.53 bits per heavy atom. The summed E-state index contributed by atoms with van der Waals surface area (Å²) in [7, 11) is 0. The zero-order valence-electron chi connectivity index (χ0n) is 9.93. The quantitative estimate of drug-likeness (QED) is 0.598. The van der Waals surface area contributed by atoms with E-state index < -0.39 is 5.89 Å². The van der Waals surface area contributed by atoms with Crippen molar-refractivity contribution < 1.29 is 10.9 Å². The van der Waals surface area contributed by atoms with Gasteiger partial charge in [0, 0.05) is 7.29 Å². The van der Waals surface area contributed by atoms with Gasteiger partial charge in [0.15, 0.2) is 0 Å². The molecule has 1 amide bonds. The predicted octanol–water partition coefficient (Wildman–Crippen LogP) is 1.32. The third-order valence-electron chi connectivity index (χ3n) is 3.35. The van der Waals surface area contributed by atoms with Gasteiger partial charge < -0.3 is 9.64 Å². The highest BCUT2D eigenvalue weighted by Crippen LogP contribution is 2.43. The summed E-state index contributed by atoms with van der Waals surface area (Å²) in [6, 6.07) is 0. The Kier molecular flexibility index (Phi) is 1.47. The van der Waals surface area contributed by atoms with Crippen molar-refractivity contribution in [2.75, 3.05) is 6.61 Å². The zero-order chi connectivity index (χ0) is 11.6. The number of ether oxygens (including phenoxy) is 1. The van der Waals surface area contributed by atoms with Gasteiger partial charge in [0.25, 0.3) is 0 Å².